The van der Waals surface area contributed by atoms with Gasteiger partial charge in [0, 0.05) is 16.1 Å². The van der Waals surface area contributed by atoms with Gasteiger partial charge in [0.2, 0.25) is 0 Å². The summed E-state index contributed by atoms with van der Waals surface area (Å²) in [6.45, 7) is 1.65. The van der Waals surface area contributed by atoms with Gasteiger partial charge in [0.1, 0.15) is 6.04 Å². The predicted molar refractivity (Wildman–Crippen MR) is 139 cm³/mol. The lowest BCUT2D eigenvalue weighted by atomic mass is 10.0. The molecule has 3 aromatic carbocycles. The number of hydrazine groups is 1. The number of hydrogen-bond donors (Lipinski definition) is 0. The lowest BCUT2D eigenvalue weighted by molar-refractivity contribution is -0.00970. The van der Waals surface area contributed by atoms with E-state index >= 15 is 0 Å². The molecule has 0 aromatic heterocycles. The summed E-state index contributed by atoms with van der Waals surface area (Å²) < 4.78 is 0. The van der Waals surface area contributed by atoms with Crippen LogP contribution in [0.25, 0.3) is 0 Å². The average molecular weight is 585 g/mol. The zero-order chi connectivity index (χ0) is 26.3. The first-order chi connectivity index (χ1) is 17.1. The number of benzene rings is 3. The summed E-state index contributed by atoms with van der Waals surface area (Å²) in [5, 5.41) is 0.764. The number of carbonyl (C=O) groups is 4. The Bertz CT molecular complexity index is 1360. The molecule has 1 atom stereocenters. The number of Topliss-reactive ketones (excluding diaryl/α,β-unsaturated/α-hetero) is 1. The van der Waals surface area contributed by atoms with Crippen LogP contribution in [0.2, 0.25) is 25.1 Å². The molecule has 184 valence electrons. The van der Waals surface area contributed by atoms with Crippen molar-refractivity contribution < 1.29 is 19.2 Å². The number of rotatable bonds is 6. The number of carbonyl (C=O) groups excluding carboxylic acids is 4. The van der Waals surface area contributed by atoms with Gasteiger partial charge in [-0.1, -0.05) is 95.3 Å². The molecule has 1 aliphatic heterocycles. The molecule has 3 amide bonds. The molecule has 36 heavy (non-hydrogen) atoms. The fourth-order valence-corrected chi connectivity index (χ4v) is 5.03. The molecule has 11 heteroatoms. The zero-order valence-electron chi connectivity index (χ0n) is 18.4. The van der Waals surface area contributed by atoms with Crippen LogP contribution < -0.4 is 0 Å². The second-order valence-corrected chi connectivity index (χ2v) is 9.69. The number of hydrogen-bond acceptors (Lipinski definition) is 4. The largest absolute Gasteiger partial charge is 0.292 e. The fraction of sp³-hybridized carbons (Fsp3) is 0.120. The van der Waals surface area contributed by atoms with E-state index in [2.05, 4.69) is 0 Å². The highest BCUT2D eigenvalue weighted by atomic mass is 35.5. The molecule has 1 heterocycles. The van der Waals surface area contributed by atoms with E-state index in [1.165, 1.54) is 24.3 Å². The van der Waals surface area contributed by atoms with Gasteiger partial charge in [0.25, 0.3) is 17.7 Å². The molecule has 0 radical (unpaired) electrons. The number of amides is 3. The number of imide groups is 1. The Labute approximate surface area is 231 Å². The van der Waals surface area contributed by atoms with Crippen LogP contribution in [0.1, 0.15) is 54.8 Å². The van der Waals surface area contributed by atoms with Gasteiger partial charge in [0.05, 0.1) is 31.2 Å². The summed E-state index contributed by atoms with van der Waals surface area (Å²) in [7, 11) is 0. The van der Waals surface area contributed by atoms with Crippen molar-refractivity contribution in [1.82, 2.24) is 10.0 Å². The molecular weight excluding hydrogens is 570 g/mol. The van der Waals surface area contributed by atoms with Crippen molar-refractivity contribution in [1.29, 1.82) is 0 Å². The second-order valence-electron chi connectivity index (χ2n) is 7.74. The van der Waals surface area contributed by atoms with Crippen LogP contribution in [-0.2, 0) is 0 Å². The minimum atomic E-state index is -1.23. The topological polar surface area (TPSA) is 74.8 Å². The molecule has 0 saturated carbocycles. The Morgan fingerprint density at radius 2 is 1.25 bits per heavy atom. The molecule has 0 aliphatic carbocycles. The van der Waals surface area contributed by atoms with E-state index in [0.717, 1.165) is 5.01 Å². The van der Waals surface area contributed by atoms with Crippen molar-refractivity contribution in [2.45, 2.75) is 19.4 Å². The number of nitrogens with zero attached hydrogens (tertiary/aromatic N) is 2. The van der Waals surface area contributed by atoms with Crippen molar-refractivity contribution in [2.24, 2.45) is 0 Å². The normalized spacial score (nSPS) is 13.6. The Kier molecular flexibility index (Phi) is 7.64. The third-order valence-electron chi connectivity index (χ3n) is 5.64. The van der Waals surface area contributed by atoms with Crippen molar-refractivity contribution in [3.63, 3.8) is 0 Å². The first kappa shape index (κ1) is 26.5. The van der Waals surface area contributed by atoms with Gasteiger partial charge in [-0.2, -0.15) is 5.01 Å². The number of halogens is 5. The van der Waals surface area contributed by atoms with E-state index in [0.29, 0.717) is 10.0 Å². The van der Waals surface area contributed by atoms with Crippen LogP contribution >= 0.6 is 58.0 Å². The maximum absolute atomic E-state index is 13.8. The number of ketones is 1. The Morgan fingerprint density at radius 3 is 1.72 bits per heavy atom. The highest BCUT2D eigenvalue weighted by Gasteiger charge is 2.48. The van der Waals surface area contributed by atoms with E-state index < -0.39 is 29.5 Å². The molecule has 3 aromatic rings. The van der Waals surface area contributed by atoms with E-state index in [-0.39, 0.29) is 48.8 Å². The van der Waals surface area contributed by atoms with Crippen molar-refractivity contribution >= 4 is 81.5 Å². The maximum Gasteiger partial charge on any atom is 0.282 e. The van der Waals surface area contributed by atoms with E-state index in [4.69, 9.17) is 58.0 Å². The Hall–Kier alpha value is -2.61. The van der Waals surface area contributed by atoms with Gasteiger partial charge in [-0.15, -0.1) is 0 Å². The third kappa shape index (κ3) is 4.38. The Morgan fingerprint density at radius 1 is 0.750 bits per heavy atom. The highest BCUT2D eigenvalue weighted by molar-refractivity contribution is 6.55. The van der Waals surface area contributed by atoms with E-state index in [1.54, 1.807) is 37.3 Å². The first-order valence-corrected chi connectivity index (χ1v) is 12.4. The SMILES string of the molecule is CC[C@H](C(=O)c1ccccc1)N(C(=O)c1ccc(Cl)cc1)N1C(=O)c2c(Cl)c(Cl)c(Cl)c(Cl)c2C1=O. The molecule has 1 aliphatic rings. The quantitative estimate of drug-likeness (QED) is 0.132. The van der Waals surface area contributed by atoms with Gasteiger partial charge in [-0.3, -0.25) is 19.2 Å². The molecule has 0 spiro atoms. The predicted octanol–water partition coefficient (Wildman–Crippen LogP) is 7.27. The van der Waals surface area contributed by atoms with Crippen molar-refractivity contribution in [3.05, 3.63) is 102 Å². The summed E-state index contributed by atoms with van der Waals surface area (Å²) >= 11 is 30.8. The molecule has 6 nitrogen and oxygen atoms in total. The van der Waals surface area contributed by atoms with Crippen LogP contribution in [0, 0.1) is 0 Å². The van der Waals surface area contributed by atoms with Gasteiger partial charge < -0.3 is 0 Å². The van der Waals surface area contributed by atoms with Crippen LogP contribution in [0.3, 0.4) is 0 Å². The fourth-order valence-electron chi connectivity index (χ4n) is 3.89. The minimum Gasteiger partial charge on any atom is -0.292 e. The first-order valence-electron chi connectivity index (χ1n) is 10.5. The lowest BCUT2D eigenvalue weighted by Gasteiger charge is -2.35. The summed E-state index contributed by atoms with van der Waals surface area (Å²) in [5.41, 5.74) is -0.241. The highest BCUT2D eigenvalue weighted by Crippen LogP contribution is 2.45. The van der Waals surface area contributed by atoms with E-state index in [1.807, 2.05) is 0 Å². The van der Waals surface area contributed by atoms with Crippen molar-refractivity contribution in [3.8, 4) is 0 Å². The summed E-state index contributed by atoms with van der Waals surface area (Å²) in [6.07, 6.45) is 0.0729. The van der Waals surface area contributed by atoms with Gasteiger partial charge in [0.15, 0.2) is 5.78 Å². The number of fused-ring (bicyclic) bond motifs is 1. The van der Waals surface area contributed by atoms with Gasteiger partial charge >= 0.3 is 0 Å². The second kappa shape index (κ2) is 10.4. The smallest absolute Gasteiger partial charge is 0.282 e. The molecule has 0 unspecified atom stereocenters. The van der Waals surface area contributed by atoms with Gasteiger partial charge in [-0.25, -0.2) is 5.01 Å². The lowest BCUT2D eigenvalue weighted by Crippen LogP contribution is -2.57. The molecule has 0 saturated heterocycles. The maximum atomic E-state index is 13.8. The summed E-state index contributed by atoms with van der Waals surface area (Å²) in [4.78, 5) is 54.5. The van der Waals surface area contributed by atoms with Crippen LogP contribution in [-0.4, -0.2) is 39.6 Å². The average Bonchev–Trinajstić information content (AvgIpc) is 3.14. The summed E-state index contributed by atoms with van der Waals surface area (Å²) in [6, 6.07) is 12.8. The third-order valence-corrected chi connectivity index (χ3v) is 7.69. The Balaban J connectivity index is 1.90. The molecule has 0 N–H and O–H groups in total. The molecule has 0 fully saturated rings. The molecular formula is C25H15Cl5N2O4. The van der Waals surface area contributed by atoms with Crippen LogP contribution in [0.5, 0.6) is 0 Å². The van der Waals surface area contributed by atoms with Crippen molar-refractivity contribution in [2.75, 3.05) is 0 Å². The monoisotopic (exact) mass is 582 g/mol. The standard InChI is InChI=1S/C25H15Cl5N2O4/c1-2-15(22(33)12-6-4-3-5-7-12)31(23(34)13-8-10-14(26)11-9-13)32-24(35)16-17(25(32)36)19(28)21(30)20(29)18(16)27/h3-11,15H,2H2,1H3/t15-/m1/s1. The van der Waals surface area contributed by atoms with Crippen LogP contribution in [0.15, 0.2) is 54.6 Å². The zero-order valence-corrected chi connectivity index (χ0v) is 22.2. The van der Waals surface area contributed by atoms with Crippen LogP contribution in [0.4, 0.5) is 0 Å². The minimum absolute atomic E-state index is 0.0729. The van der Waals surface area contributed by atoms with E-state index in [9.17, 15) is 19.2 Å². The summed E-state index contributed by atoms with van der Waals surface area (Å²) in [5.74, 6) is -3.21. The molecule has 0 bridgehead atoms. The van der Waals surface area contributed by atoms with Gasteiger partial charge in [-0.05, 0) is 30.7 Å². The molecule has 4 rings (SSSR count).